The Balaban J connectivity index is 2.08. The van der Waals surface area contributed by atoms with Crippen LogP contribution in [0.15, 0.2) is 0 Å². The number of hydrogen-bond donors (Lipinski definition) is 2. The Morgan fingerprint density at radius 3 is 2.56 bits per heavy atom. The third-order valence-corrected chi connectivity index (χ3v) is 4.07. The first-order valence-electron chi connectivity index (χ1n) is 8.11. The van der Waals surface area contributed by atoms with Crippen molar-refractivity contribution in [2.24, 2.45) is 5.92 Å². The van der Waals surface area contributed by atoms with Crippen molar-refractivity contribution in [2.45, 2.75) is 90.8 Å². The Kier molecular flexibility index (Phi) is 7.92. The van der Waals surface area contributed by atoms with Crippen molar-refractivity contribution in [3.05, 3.63) is 0 Å². The molecule has 0 aromatic heterocycles. The van der Waals surface area contributed by atoms with Crippen LogP contribution in [-0.4, -0.2) is 24.7 Å². The minimum absolute atomic E-state index is 0.637. The first-order chi connectivity index (χ1) is 8.61. The van der Waals surface area contributed by atoms with Crippen LogP contribution in [0.25, 0.3) is 0 Å². The summed E-state index contributed by atoms with van der Waals surface area (Å²) in [5.41, 5.74) is 0. The molecule has 0 bridgehead atoms. The van der Waals surface area contributed by atoms with E-state index in [1.54, 1.807) is 0 Å². The molecule has 3 atom stereocenters. The second kappa shape index (κ2) is 8.92. The highest BCUT2D eigenvalue weighted by molar-refractivity contribution is 4.83. The summed E-state index contributed by atoms with van der Waals surface area (Å²) in [5, 5.41) is 7.36. The van der Waals surface area contributed by atoms with Gasteiger partial charge in [-0.2, -0.15) is 0 Å². The minimum Gasteiger partial charge on any atom is -0.314 e. The highest BCUT2D eigenvalue weighted by Crippen LogP contribution is 2.29. The molecule has 1 aliphatic rings. The molecule has 2 N–H and O–H groups in total. The summed E-state index contributed by atoms with van der Waals surface area (Å²) in [5.74, 6) is 0.940. The van der Waals surface area contributed by atoms with Gasteiger partial charge in [0.2, 0.25) is 0 Å². The largest absolute Gasteiger partial charge is 0.314 e. The van der Waals surface area contributed by atoms with Gasteiger partial charge in [0.05, 0.1) is 0 Å². The summed E-state index contributed by atoms with van der Waals surface area (Å²) in [6.07, 6.45) is 9.58. The van der Waals surface area contributed by atoms with Gasteiger partial charge in [-0.05, 0) is 51.5 Å². The van der Waals surface area contributed by atoms with Crippen molar-refractivity contribution in [3.8, 4) is 0 Å². The van der Waals surface area contributed by atoms with Gasteiger partial charge in [0.1, 0.15) is 0 Å². The van der Waals surface area contributed by atoms with Gasteiger partial charge in [0.15, 0.2) is 0 Å². The third kappa shape index (κ3) is 6.75. The predicted molar refractivity (Wildman–Crippen MR) is 81.0 cm³/mol. The highest BCUT2D eigenvalue weighted by Gasteiger charge is 2.25. The van der Waals surface area contributed by atoms with Crippen molar-refractivity contribution in [1.82, 2.24) is 10.6 Å². The molecular weight excluding hydrogens is 220 g/mol. The molecule has 0 aromatic carbocycles. The zero-order valence-electron chi connectivity index (χ0n) is 13.0. The van der Waals surface area contributed by atoms with Gasteiger partial charge >= 0.3 is 0 Å². The maximum atomic E-state index is 3.68. The quantitative estimate of drug-likeness (QED) is 0.613. The highest BCUT2D eigenvalue weighted by atomic mass is 14.9. The molecule has 18 heavy (non-hydrogen) atoms. The summed E-state index contributed by atoms with van der Waals surface area (Å²) in [7, 11) is 0. The second-order valence-electron chi connectivity index (χ2n) is 6.50. The minimum atomic E-state index is 0.637. The van der Waals surface area contributed by atoms with Crippen LogP contribution in [0, 0.1) is 5.92 Å². The number of hydrogen-bond acceptors (Lipinski definition) is 2. The molecule has 0 heterocycles. The zero-order valence-corrected chi connectivity index (χ0v) is 13.0. The van der Waals surface area contributed by atoms with Crippen molar-refractivity contribution in [1.29, 1.82) is 0 Å². The van der Waals surface area contributed by atoms with Crippen molar-refractivity contribution in [3.63, 3.8) is 0 Å². The van der Waals surface area contributed by atoms with E-state index in [1.807, 2.05) is 0 Å². The molecule has 1 aliphatic carbocycles. The first-order valence-corrected chi connectivity index (χ1v) is 8.11. The van der Waals surface area contributed by atoms with Crippen LogP contribution in [-0.2, 0) is 0 Å². The molecule has 3 unspecified atom stereocenters. The van der Waals surface area contributed by atoms with Gasteiger partial charge in [-0.1, -0.05) is 33.6 Å². The zero-order chi connectivity index (χ0) is 13.4. The molecule has 2 nitrogen and oxygen atoms in total. The fourth-order valence-corrected chi connectivity index (χ4v) is 3.22. The van der Waals surface area contributed by atoms with Gasteiger partial charge < -0.3 is 10.6 Å². The third-order valence-electron chi connectivity index (χ3n) is 4.07. The molecule has 0 saturated heterocycles. The molecule has 0 amide bonds. The van der Waals surface area contributed by atoms with Crippen molar-refractivity contribution < 1.29 is 0 Å². The van der Waals surface area contributed by atoms with E-state index in [-0.39, 0.29) is 0 Å². The lowest BCUT2D eigenvalue weighted by Crippen LogP contribution is -2.33. The van der Waals surface area contributed by atoms with E-state index in [2.05, 4.69) is 38.3 Å². The monoisotopic (exact) mass is 254 g/mol. The van der Waals surface area contributed by atoms with E-state index in [9.17, 15) is 0 Å². The molecule has 2 heteroatoms. The van der Waals surface area contributed by atoms with E-state index >= 15 is 0 Å². The first kappa shape index (κ1) is 16.0. The summed E-state index contributed by atoms with van der Waals surface area (Å²) in [6, 6.07) is 2.12. The second-order valence-corrected chi connectivity index (χ2v) is 6.50. The molecule has 1 saturated carbocycles. The summed E-state index contributed by atoms with van der Waals surface area (Å²) in [6.45, 7) is 10.3. The average molecular weight is 254 g/mol. The Morgan fingerprint density at radius 2 is 1.89 bits per heavy atom. The van der Waals surface area contributed by atoms with Crippen LogP contribution >= 0.6 is 0 Å². The molecule has 0 spiro atoms. The molecule has 0 aromatic rings. The fraction of sp³-hybridized carbons (Fsp3) is 1.00. The molecule has 0 radical (unpaired) electrons. The van der Waals surface area contributed by atoms with Crippen LogP contribution in [0.1, 0.15) is 72.6 Å². The van der Waals surface area contributed by atoms with E-state index < -0.39 is 0 Å². The van der Waals surface area contributed by atoms with Crippen LogP contribution in [0.5, 0.6) is 0 Å². The van der Waals surface area contributed by atoms with Crippen LogP contribution in [0.4, 0.5) is 0 Å². The lowest BCUT2D eigenvalue weighted by molar-refractivity contribution is 0.386. The predicted octanol–water partition coefficient (Wildman–Crippen LogP) is 3.71. The van der Waals surface area contributed by atoms with Crippen molar-refractivity contribution in [2.75, 3.05) is 6.54 Å². The molecule has 0 aliphatic heterocycles. The van der Waals surface area contributed by atoms with Crippen molar-refractivity contribution >= 4 is 0 Å². The van der Waals surface area contributed by atoms with E-state index in [4.69, 9.17) is 0 Å². The Hall–Kier alpha value is -0.0800. The van der Waals surface area contributed by atoms with Gasteiger partial charge in [-0.15, -0.1) is 0 Å². The van der Waals surface area contributed by atoms with Gasteiger partial charge in [0.25, 0.3) is 0 Å². The van der Waals surface area contributed by atoms with E-state index in [0.29, 0.717) is 12.1 Å². The Morgan fingerprint density at radius 1 is 1.11 bits per heavy atom. The Bertz CT molecular complexity index is 203. The summed E-state index contributed by atoms with van der Waals surface area (Å²) < 4.78 is 0. The summed E-state index contributed by atoms with van der Waals surface area (Å²) in [4.78, 5) is 0. The number of unbranched alkanes of at least 4 members (excludes halogenated alkanes) is 2. The SMILES string of the molecule is CCCCCNC(C)CC1CCC(NC(C)C)C1. The Labute approximate surface area is 114 Å². The lowest BCUT2D eigenvalue weighted by Gasteiger charge is -2.19. The van der Waals surface area contributed by atoms with Gasteiger partial charge in [-0.25, -0.2) is 0 Å². The lowest BCUT2D eigenvalue weighted by atomic mass is 9.99. The average Bonchev–Trinajstić information content (AvgIpc) is 2.71. The summed E-state index contributed by atoms with van der Waals surface area (Å²) >= 11 is 0. The fourth-order valence-electron chi connectivity index (χ4n) is 3.22. The topological polar surface area (TPSA) is 24.1 Å². The molecule has 1 rings (SSSR count). The van der Waals surface area contributed by atoms with Crippen LogP contribution in [0.3, 0.4) is 0 Å². The molecular formula is C16H34N2. The number of nitrogens with one attached hydrogen (secondary N) is 2. The van der Waals surface area contributed by atoms with E-state index in [0.717, 1.165) is 12.0 Å². The molecule has 1 fully saturated rings. The maximum Gasteiger partial charge on any atom is 0.00721 e. The van der Waals surface area contributed by atoms with E-state index in [1.165, 1.54) is 51.5 Å². The van der Waals surface area contributed by atoms with Crippen LogP contribution < -0.4 is 10.6 Å². The maximum absolute atomic E-state index is 3.68. The molecule has 108 valence electrons. The van der Waals surface area contributed by atoms with Gasteiger partial charge in [-0.3, -0.25) is 0 Å². The standard InChI is InChI=1S/C16H34N2/c1-5-6-7-10-17-14(4)11-15-8-9-16(12-15)18-13(2)3/h13-18H,5-12H2,1-4H3. The normalized spacial score (nSPS) is 25.8. The number of rotatable bonds is 9. The van der Waals surface area contributed by atoms with Crippen LogP contribution in [0.2, 0.25) is 0 Å². The van der Waals surface area contributed by atoms with Gasteiger partial charge in [0, 0.05) is 18.1 Å². The smallest absolute Gasteiger partial charge is 0.00721 e.